The van der Waals surface area contributed by atoms with Gasteiger partial charge < -0.3 is 10.1 Å². The fourth-order valence-corrected chi connectivity index (χ4v) is 1.22. The van der Waals surface area contributed by atoms with E-state index in [1.54, 1.807) is 0 Å². The van der Waals surface area contributed by atoms with Gasteiger partial charge in [0.25, 0.3) is 0 Å². The molecule has 11 heavy (non-hydrogen) atoms. The highest BCUT2D eigenvalue weighted by Gasteiger charge is 2.32. The highest BCUT2D eigenvalue weighted by Crippen LogP contribution is 2.24. The first-order valence-corrected chi connectivity index (χ1v) is 4.41. The Morgan fingerprint density at radius 3 is 2.45 bits per heavy atom. The van der Waals surface area contributed by atoms with Crippen molar-refractivity contribution in [1.29, 1.82) is 0 Å². The lowest BCUT2D eigenvalue weighted by Crippen LogP contribution is -2.47. The molecule has 0 aromatic heterocycles. The predicted octanol–water partition coefficient (Wildman–Crippen LogP) is 1.27. The summed E-state index contributed by atoms with van der Waals surface area (Å²) in [6, 6.07) is 0. The molecule has 0 atom stereocenters. The third kappa shape index (κ3) is 2.80. The van der Waals surface area contributed by atoms with Gasteiger partial charge in [-0.3, -0.25) is 0 Å². The maximum Gasteiger partial charge on any atom is 0.0554 e. The minimum absolute atomic E-state index is 0.425. The third-order valence-corrected chi connectivity index (χ3v) is 2.01. The summed E-state index contributed by atoms with van der Waals surface area (Å²) < 4.78 is 5.16. The average molecular weight is 157 g/mol. The van der Waals surface area contributed by atoms with Crippen molar-refractivity contribution in [2.24, 2.45) is 11.3 Å². The molecule has 1 saturated heterocycles. The monoisotopic (exact) mass is 157 g/mol. The number of hydrogen-bond donors (Lipinski definition) is 1. The van der Waals surface area contributed by atoms with Gasteiger partial charge in [0.05, 0.1) is 13.2 Å². The molecule has 0 unspecified atom stereocenters. The SMILES string of the molecule is CC(C)CNCC1(C)COC1. The van der Waals surface area contributed by atoms with Crippen LogP contribution < -0.4 is 5.32 Å². The Labute approximate surface area is 69.3 Å². The first-order chi connectivity index (χ1) is 5.12. The van der Waals surface area contributed by atoms with Crippen LogP contribution in [-0.4, -0.2) is 26.3 Å². The molecule has 0 radical (unpaired) electrons. The molecule has 1 heterocycles. The Morgan fingerprint density at radius 2 is 2.09 bits per heavy atom. The standard InChI is InChI=1S/C9H19NO/c1-8(2)4-10-5-9(3)6-11-7-9/h8,10H,4-7H2,1-3H3. The van der Waals surface area contributed by atoms with E-state index >= 15 is 0 Å². The van der Waals surface area contributed by atoms with Gasteiger partial charge in [-0.15, -0.1) is 0 Å². The lowest BCUT2D eigenvalue weighted by Gasteiger charge is -2.38. The zero-order chi connectivity index (χ0) is 8.32. The molecule has 1 fully saturated rings. The van der Waals surface area contributed by atoms with E-state index in [0.717, 1.165) is 32.2 Å². The second-order valence-corrected chi connectivity index (χ2v) is 4.33. The maximum atomic E-state index is 5.16. The number of ether oxygens (including phenoxy) is 1. The maximum absolute atomic E-state index is 5.16. The lowest BCUT2D eigenvalue weighted by molar-refractivity contribution is -0.0991. The number of rotatable bonds is 4. The Kier molecular flexibility index (Phi) is 2.90. The molecule has 0 aromatic rings. The van der Waals surface area contributed by atoms with Crippen molar-refractivity contribution >= 4 is 0 Å². The molecule has 1 aliphatic heterocycles. The summed E-state index contributed by atoms with van der Waals surface area (Å²) >= 11 is 0. The van der Waals surface area contributed by atoms with Crippen molar-refractivity contribution in [1.82, 2.24) is 5.32 Å². The molecule has 0 aromatic carbocycles. The first kappa shape index (κ1) is 9.01. The van der Waals surface area contributed by atoms with Gasteiger partial charge in [0.2, 0.25) is 0 Å². The van der Waals surface area contributed by atoms with Crippen molar-refractivity contribution in [2.75, 3.05) is 26.3 Å². The molecule has 0 spiro atoms. The van der Waals surface area contributed by atoms with E-state index < -0.39 is 0 Å². The number of nitrogens with one attached hydrogen (secondary N) is 1. The zero-order valence-corrected chi connectivity index (χ0v) is 7.81. The fourth-order valence-electron chi connectivity index (χ4n) is 1.22. The van der Waals surface area contributed by atoms with Gasteiger partial charge >= 0.3 is 0 Å². The molecule has 66 valence electrons. The fraction of sp³-hybridized carbons (Fsp3) is 1.00. The van der Waals surface area contributed by atoms with E-state index in [2.05, 4.69) is 26.1 Å². The van der Waals surface area contributed by atoms with Crippen LogP contribution in [0, 0.1) is 11.3 Å². The van der Waals surface area contributed by atoms with Crippen molar-refractivity contribution in [3.63, 3.8) is 0 Å². The molecule has 1 N–H and O–H groups in total. The Morgan fingerprint density at radius 1 is 1.45 bits per heavy atom. The summed E-state index contributed by atoms with van der Waals surface area (Å²) in [7, 11) is 0. The smallest absolute Gasteiger partial charge is 0.0554 e. The summed E-state index contributed by atoms with van der Waals surface area (Å²) in [5.41, 5.74) is 0.425. The minimum atomic E-state index is 0.425. The van der Waals surface area contributed by atoms with Crippen LogP contribution in [0.15, 0.2) is 0 Å². The van der Waals surface area contributed by atoms with Crippen LogP contribution in [-0.2, 0) is 4.74 Å². The lowest BCUT2D eigenvalue weighted by atomic mass is 9.88. The largest absolute Gasteiger partial charge is 0.380 e. The molecule has 0 aliphatic carbocycles. The third-order valence-electron chi connectivity index (χ3n) is 2.01. The quantitative estimate of drug-likeness (QED) is 0.663. The van der Waals surface area contributed by atoms with Gasteiger partial charge in [0.15, 0.2) is 0 Å². The highest BCUT2D eigenvalue weighted by molar-refractivity contribution is 4.82. The molecular weight excluding hydrogens is 138 g/mol. The first-order valence-electron chi connectivity index (χ1n) is 4.41. The summed E-state index contributed by atoms with van der Waals surface area (Å²) in [4.78, 5) is 0. The summed E-state index contributed by atoms with van der Waals surface area (Å²) in [6.07, 6.45) is 0. The molecule has 0 saturated carbocycles. The summed E-state index contributed by atoms with van der Waals surface area (Å²) in [5.74, 6) is 0.750. The molecule has 0 amide bonds. The van der Waals surface area contributed by atoms with Crippen LogP contribution in [0.5, 0.6) is 0 Å². The van der Waals surface area contributed by atoms with E-state index in [-0.39, 0.29) is 0 Å². The van der Waals surface area contributed by atoms with Crippen molar-refractivity contribution in [2.45, 2.75) is 20.8 Å². The van der Waals surface area contributed by atoms with Gasteiger partial charge in [-0.05, 0) is 12.5 Å². The topological polar surface area (TPSA) is 21.3 Å². The normalized spacial score (nSPS) is 21.8. The van der Waals surface area contributed by atoms with E-state index in [0.29, 0.717) is 5.41 Å². The van der Waals surface area contributed by atoms with Crippen LogP contribution in [0.1, 0.15) is 20.8 Å². The highest BCUT2D eigenvalue weighted by atomic mass is 16.5. The molecule has 1 rings (SSSR count). The van der Waals surface area contributed by atoms with Gasteiger partial charge in [-0.1, -0.05) is 20.8 Å². The summed E-state index contributed by atoms with van der Waals surface area (Å²) in [6.45, 7) is 10.8. The minimum Gasteiger partial charge on any atom is -0.380 e. The Bertz CT molecular complexity index is 119. The molecule has 2 nitrogen and oxygen atoms in total. The second kappa shape index (κ2) is 3.55. The number of hydrogen-bond acceptors (Lipinski definition) is 2. The van der Waals surface area contributed by atoms with Crippen LogP contribution in [0.3, 0.4) is 0 Å². The molecular formula is C9H19NO. The van der Waals surface area contributed by atoms with Crippen LogP contribution >= 0.6 is 0 Å². The van der Waals surface area contributed by atoms with Crippen LogP contribution in [0.2, 0.25) is 0 Å². The van der Waals surface area contributed by atoms with Crippen LogP contribution in [0.25, 0.3) is 0 Å². The van der Waals surface area contributed by atoms with Crippen molar-refractivity contribution in [3.8, 4) is 0 Å². The van der Waals surface area contributed by atoms with Gasteiger partial charge in [-0.25, -0.2) is 0 Å². The molecule has 0 bridgehead atoms. The van der Waals surface area contributed by atoms with Gasteiger partial charge in [0, 0.05) is 12.0 Å². The second-order valence-electron chi connectivity index (χ2n) is 4.33. The summed E-state index contributed by atoms with van der Waals surface area (Å²) in [5, 5.41) is 3.45. The Hall–Kier alpha value is -0.0800. The van der Waals surface area contributed by atoms with Gasteiger partial charge in [0.1, 0.15) is 0 Å². The average Bonchev–Trinajstić information content (AvgIpc) is 1.83. The van der Waals surface area contributed by atoms with E-state index in [1.165, 1.54) is 0 Å². The molecule has 2 heteroatoms. The predicted molar refractivity (Wildman–Crippen MR) is 46.6 cm³/mol. The van der Waals surface area contributed by atoms with E-state index in [4.69, 9.17) is 4.74 Å². The van der Waals surface area contributed by atoms with Gasteiger partial charge in [-0.2, -0.15) is 0 Å². The molecule has 1 aliphatic rings. The van der Waals surface area contributed by atoms with Crippen molar-refractivity contribution in [3.05, 3.63) is 0 Å². The van der Waals surface area contributed by atoms with Crippen molar-refractivity contribution < 1.29 is 4.74 Å². The Balaban J connectivity index is 2.02. The zero-order valence-electron chi connectivity index (χ0n) is 7.81. The van der Waals surface area contributed by atoms with E-state index in [9.17, 15) is 0 Å². The van der Waals surface area contributed by atoms with E-state index in [1.807, 2.05) is 0 Å². The van der Waals surface area contributed by atoms with Crippen LogP contribution in [0.4, 0.5) is 0 Å².